The van der Waals surface area contributed by atoms with Crippen molar-refractivity contribution in [2.75, 3.05) is 13.7 Å². The molecule has 2 aliphatic carbocycles. The van der Waals surface area contributed by atoms with Gasteiger partial charge in [0.05, 0.1) is 6.61 Å². The Labute approximate surface area is 149 Å². The van der Waals surface area contributed by atoms with Crippen molar-refractivity contribution < 1.29 is 28.4 Å². The lowest BCUT2D eigenvalue weighted by Crippen LogP contribution is -2.45. The average molecular weight is 354 g/mol. The summed E-state index contributed by atoms with van der Waals surface area (Å²) in [6.07, 6.45) is 10.1. The fraction of sp³-hybridized carbons (Fsp3) is 1.00. The van der Waals surface area contributed by atoms with E-state index < -0.39 is 11.6 Å². The molecule has 0 radical (unpaired) electrons. The Balaban J connectivity index is 1.27. The zero-order valence-corrected chi connectivity index (χ0v) is 15.1. The summed E-state index contributed by atoms with van der Waals surface area (Å²) in [5.41, 5.74) is 0. The van der Waals surface area contributed by atoms with Crippen LogP contribution in [0.4, 0.5) is 0 Å². The van der Waals surface area contributed by atoms with E-state index in [0.717, 1.165) is 38.5 Å². The highest BCUT2D eigenvalue weighted by Gasteiger charge is 2.61. The van der Waals surface area contributed by atoms with Crippen LogP contribution in [0.2, 0.25) is 0 Å². The van der Waals surface area contributed by atoms with Gasteiger partial charge in [0.15, 0.2) is 17.9 Å². The molecule has 0 aromatic rings. The third kappa shape index (κ3) is 2.86. The van der Waals surface area contributed by atoms with Crippen LogP contribution >= 0.6 is 0 Å². The standard InChI is InChI=1S/C19H30O6/c1-20-15-14(13-12-21-18(23-13)8-4-2-5-9-18)22-17-16(15)24-19(25-17)10-6-3-7-11-19/h13-17H,2-12H2,1H3. The van der Waals surface area contributed by atoms with Gasteiger partial charge in [-0.25, -0.2) is 0 Å². The predicted molar refractivity (Wildman–Crippen MR) is 87.9 cm³/mol. The third-order valence-electron chi connectivity index (χ3n) is 6.64. The van der Waals surface area contributed by atoms with E-state index in [0.29, 0.717) is 6.61 Å². The second kappa shape index (κ2) is 6.43. The second-order valence-corrected chi connectivity index (χ2v) is 8.28. The molecular weight excluding hydrogens is 324 g/mol. The summed E-state index contributed by atoms with van der Waals surface area (Å²) < 4.78 is 37.1. The van der Waals surface area contributed by atoms with Crippen molar-refractivity contribution in [3.63, 3.8) is 0 Å². The quantitative estimate of drug-likeness (QED) is 0.760. The maximum Gasteiger partial charge on any atom is 0.190 e. The smallest absolute Gasteiger partial charge is 0.190 e. The monoisotopic (exact) mass is 354 g/mol. The Morgan fingerprint density at radius 3 is 2.12 bits per heavy atom. The molecule has 0 bridgehead atoms. The number of ether oxygens (including phenoxy) is 6. The van der Waals surface area contributed by atoms with E-state index in [1.165, 1.54) is 25.7 Å². The predicted octanol–water partition coefficient (Wildman–Crippen LogP) is 2.88. The van der Waals surface area contributed by atoms with Gasteiger partial charge in [-0.05, 0) is 25.7 Å². The highest BCUT2D eigenvalue weighted by atomic mass is 16.8. The minimum absolute atomic E-state index is 0.108. The lowest BCUT2D eigenvalue weighted by atomic mass is 9.94. The van der Waals surface area contributed by atoms with E-state index >= 15 is 0 Å². The SMILES string of the molecule is COC1C(C2COC3(CCCCC3)O2)OC2OC3(CCCCC3)OC21. The molecular formula is C19H30O6. The van der Waals surface area contributed by atoms with E-state index in [-0.39, 0.29) is 30.7 Å². The van der Waals surface area contributed by atoms with Crippen molar-refractivity contribution in [3.8, 4) is 0 Å². The van der Waals surface area contributed by atoms with Gasteiger partial charge in [-0.3, -0.25) is 0 Å². The summed E-state index contributed by atoms with van der Waals surface area (Å²) in [5, 5.41) is 0. The summed E-state index contributed by atoms with van der Waals surface area (Å²) in [4.78, 5) is 0. The van der Waals surface area contributed by atoms with Gasteiger partial charge >= 0.3 is 0 Å². The van der Waals surface area contributed by atoms with Gasteiger partial charge in [-0.15, -0.1) is 0 Å². The molecule has 142 valence electrons. The van der Waals surface area contributed by atoms with E-state index in [4.69, 9.17) is 28.4 Å². The number of hydrogen-bond donors (Lipinski definition) is 0. The zero-order chi connectivity index (χ0) is 16.9. The van der Waals surface area contributed by atoms with Gasteiger partial charge in [0, 0.05) is 32.8 Å². The first-order valence-electron chi connectivity index (χ1n) is 10.1. The van der Waals surface area contributed by atoms with Gasteiger partial charge < -0.3 is 28.4 Å². The molecule has 25 heavy (non-hydrogen) atoms. The van der Waals surface area contributed by atoms with Crippen molar-refractivity contribution in [3.05, 3.63) is 0 Å². The first-order chi connectivity index (χ1) is 12.2. The Hall–Kier alpha value is -0.240. The molecule has 6 nitrogen and oxygen atoms in total. The van der Waals surface area contributed by atoms with Crippen LogP contribution in [0.1, 0.15) is 64.2 Å². The Kier molecular flexibility index (Phi) is 4.34. The second-order valence-electron chi connectivity index (χ2n) is 8.28. The maximum absolute atomic E-state index is 6.38. The van der Waals surface area contributed by atoms with Crippen LogP contribution in [-0.2, 0) is 28.4 Å². The van der Waals surface area contributed by atoms with E-state index in [1.807, 2.05) is 0 Å². The first kappa shape index (κ1) is 16.9. The molecule has 5 unspecified atom stereocenters. The normalized spacial score (nSPS) is 45.2. The molecule has 2 spiro atoms. The van der Waals surface area contributed by atoms with Crippen molar-refractivity contribution in [2.45, 2.75) is 106 Å². The van der Waals surface area contributed by atoms with Crippen LogP contribution in [0.3, 0.4) is 0 Å². The molecule has 3 heterocycles. The first-order valence-corrected chi connectivity index (χ1v) is 10.1. The minimum atomic E-state index is -0.451. The molecule has 0 aromatic heterocycles. The van der Waals surface area contributed by atoms with Crippen LogP contribution in [0.5, 0.6) is 0 Å². The van der Waals surface area contributed by atoms with E-state index in [2.05, 4.69) is 0 Å². The summed E-state index contributed by atoms with van der Waals surface area (Å²) in [5.74, 6) is -0.846. The number of hydrogen-bond acceptors (Lipinski definition) is 6. The van der Waals surface area contributed by atoms with E-state index in [1.54, 1.807) is 7.11 Å². The highest BCUT2D eigenvalue weighted by Crippen LogP contribution is 2.48. The average Bonchev–Trinajstić information content (AvgIpc) is 3.27. The fourth-order valence-electron chi connectivity index (χ4n) is 5.34. The molecule has 0 aromatic carbocycles. The molecule has 0 N–H and O–H groups in total. The van der Waals surface area contributed by atoms with Gasteiger partial charge in [-0.1, -0.05) is 12.8 Å². The van der Waals surface area contributed by atoms with Gasteiger partial charge in [0.25, 0.3) is 0 Å². The summed E-state index contributed by atoms with van der Waals surface area (Å²) in [6, 6.07) is 0. The maximum atomic E-state index is 6.38. The zero-order valence-electron chi connectivity index (χ0n) is 15.1. The summed E-state index contributed by atoms with van der Waals surface area (Å²) in [6.45, 7) is 0.565. The lowest BCUT2D eigenvalue weighted by molar-refractivity contribution is -0.261. The summed E-state index contributed by atoms with van der Waals surface area (Å²) >= 11 is 0. The topological polar surface area (TPSA) is 55.4 Å². The number of methoxy groups -OCH3 is 1. The molecule has 3 saturated heterocycles. The molecule has 5 aliphatic rings. The van der Waals surface area contributed by atoms with Crippen LogP contribution in [0.25, 0.3) is 0 Å². The minimum Gasteiger partial charge on any atom is -0.376 e. The highest BCUT2D eigenvalue weighted by molar-refractivity contribution is 5.01. The molecule has 5 rings (SSSR count). The molecule has 5 fully saturated rings. The molecule has 2 saturated carbocycles. The van der Waals surface area contributed by atoms with Crippen LogP contribution < -0.4 is 0 Å². The number of fused-ring (bicyclic) bond motifs is 1. The largest absolute Gasteiger partial charge is 0.376 e. The van der Waals surface area contributed by atoms with Crippen molar-refractivity contribution >= 4 is 0 Å². The Morgan fingerprint density at radius 2 is 1.44 bits per heavy atom. The van der Waals surface area contributed by atoms with Gasteiger partial charge in [-0.2, -0.15) is 0 Å². The van der Waals surface area contributed by atoms with Crippen molar-refractivity contribution in [2.24, 2.45) is 0 Å². The van der Waals surface area contributed by atoms with Crippen molar-refractivity contribution in [1.82, 2.24) is 0 Å². The molecule has 0 amide bonds. The molecule has 6 heteroatoms. The Bertz CT molecular complexity index is 484. The van der Waals surface area contributed by atoms with Gasteiger partial charge in [0.1, 0.15) is 24.4 Å². The third-order valence-corrected chi connectivity index (χ3v) is 6.64. The van der Waals surface area contributed by atoms with Crippen LogP contribution in [-0.4, -0.2) is 56.0 Å². The van der Waals surface area contributed by atoms with Crippen LogP contribution in [0, 0.1) is 0 Å². The van der Waals surface area contributed by atoms with E-state index in [9.17, 15) is 0 Å². The van der Waals surface area contributed by atoms with Crippen LogP contribution in [0.15, 0.2) is 0 Å². The number of rotatable bonds is 2. The lowest BCUT2D eigenvalue weighted by Gasteiger charge is -2.35. The summed E-state index contributed by atoms with van der Waals surface area (Å²) in [7, 11) is 1.73. The molecule has 5 atom stereocenters. The Morgan fingerprint density at radius 1 is 0.760 bits per heavy atom. The van der Waals surface area contributed by atoms with Crippen molar-refractivity contribution in [1.29, 1.82) is 0 Å². The van der Waals surface area contributed by atoms with Gasteiger partial charge in [0.2, 0.25) is 0 Å². The molecule has 3 aliphatic heterocycles. The fourth-order valence-corrected chi connectivity index (χ4v) is 5.34.